The van der Waals surface area contributed by atoms with E-state index in [-0.39, 0.29) is 0 Å². The minimum atomic E-state index is 0.864. The van der Waals surface area contributed by atoms with E-state index >= 15 is 0 Å². The topological polar surface area (TPSA) is 0 Å². The summed E-state index contributed by atoms with van der Waals surface area (Å²) in [5.74, 6) is 0.864. The predicted molar refractivity (Wildman–Crippen MR) is 78.3 cm³/mol. The fourth-order valence-electron chi connectivity index (χ4n) is 1.59. The highest BCUT2D eigenvalue weighted by molar-refractivity contribution is 8.04. The minimum Gasteiger partial charge on any atom is -0.0654 e. The van der Waals surface area contributed by atoms with E-state index in [1.807, 2.05) is 0 Å². The van der Waals surface area contributed by atoms with E-state index in [2.05, 4.69) is 19.4 Å². The van der Waals surface area contributed by atoms with Gasteiger partial charge in [-0.25, -0.2) is 0 Å². The van der Waals surface area contributed by atoms with Crippen molar-refractivity contribution in [3.05, 3.63) is 10.6 Å². The van der Waals surface area contributed by atoms with Gasteiger partial charge in [-0.3, -0.25) is 0 Å². The molecule has 1 atom stereocenters. The standard InChI is InChI=1S/C11H20P4/c1-3-4-5-6-7-8-10(2)11-14-12-9-13-15-11/h9-10H,3-8H2,1-2H3. The van der Waals surface area contributed by atoms with Gasteiger partial charge in [-0.05, 0) is 43.8 Å². The van der Waals surface area contributed by atoms with E-state index < -0.39 is 0 Å². The first-order chi connectivity index (χ1) is 7.34. The summed E-state index contributed by atoms with van der Waals surface area (Å²) in [5, 5.41) is 1.77. The molecule has 0 aliphatic heterocycles. The first-order valence-corrected chi connectivity index (χ1v) is 11.0. The lowest BCUT2D eigenvalue weighted by Gasteiger charge is -2.09. The summed E-state index contributed by atoms with van der Waals surface area (Å²) in [4.78, 5) is 0. The van der Waals surface area contributed by atoms with E-state index in [9.17, 15) is 0 Å². The molecule has 1 aromatic rings. The van der Waals surface area contributed by atoms with Crippen molar-refractivity contribution in [2.24, 2.45) is 0 Å². The molecule has 0 aromatic carbocycles. The van der Waals surface area contributed by atoms with Crippen molar-refractivity contribution in [2.75, 3.05) is 0 Å². The Morgan fingerprint density at radius 1 is 1.07 bits per heavy atom. The van der Waals surface area contributed by atoms with Gasteiger partial charge in [0.1, 0.15) is 0 Å². The molecule has 1 aromatic heterocycles. The smallest absolute Gasteiger partial charge is 0.0186 e. The predicted octanol–water partition coefficient (Wildman–Crippen LogP) is 7.47. The maximum absolute atomic E-state index is 2.42. The van der Waals surface area contributed by atoms with Crippen LogP contribution >= 0.6 is 31.5 Å². The second-order valence-electron chi connectivity index (χ2n) is 4.01. The molecule has 0 saturated carbocycles. The van der Waals surface area contributed by atoms with Crippen LogP contribution in [0.1, 0.15) is 63.3 Å². The van der Waals surface area contributed by atoms with Crippen LogP contribution in [0.2, 0.25) is 0 Å². The van der Waals surface area contributed by atoms with Gasteiger partial charge in [0, 0.05) is 10.6 Å². The molecule has 0 aliphatic rings. The van der Waals surface area contributed by atoms with Gasteiger partial charge in [0.15, 0.2) is 0 Å². The zero-order valence-electron chi connectivity index (χ0n) is 9.69. The van der Waals surface area contributed by atoms with E-state index in [0.717, 1.165) is 5.92 Å². The Kier molecular flexibility index (Phi) is 8.42. The van der Waals surface area contributed by atoms with Crippen molar-refractivity contribution in [3.63, 3.8) is 0 Å². The monoisotopic (exact) mass is 276 g/mol. The Morgan fingerprint density at radius 2 is 1.73 bits per heavy atom. The van der Waals surface area contributed by atoms with Crippen LogP contribution in [0.4, 0.5) is 0 Å². The van der Waals surface area contributed by atoms with Crippen molar-refractivity contribution >= 4 is 31.5 Å². The minimum absolute atomic E-state index is 0.864. The van der Waals surface area contributed by atoms with Crippen LogP contribution in [0.5, 0.6) is 0 Å². The number of hydrogen-bond acceptors (Lipinski definition) is 0. The fraction of sp³-hybridized carbons (Fsp3) is 0.818. The Bertz CT molecular complexity index is 250. The molecule has 1 rings (SSSR count). The highest BCUT2D eigenvalue weighted by atomic mass is 31.9. The van der Waals surface area contributed by atoms with Crippen LogP contribution in [0.15, 0.2) is 5.53 Å². The third-order valence-corrected chi connectivity index (χ3v) is 10.3. The van der Waals surface area contributed by atoms with Crippen molar-refractivity contribution in [1.82, 2.24) is 0 Å². The van der Waals surface area contributed by atoms with Crippen molar-refractivity contribution in [1.29, 1.82) is 0 Å². The molecule has 0 bridgehead atoms. The van der Waals surface area contributed by atoms with Gasteiger partial charge in [-0.1, -0.05) is 46.0 Å². The second-order valence-corrected chi connectivity index (χ2v) is 9.70. The van der Waals surface area contributed by atoms with Crippen molar-refractivity contribution < 1.29 is 0 Å². The van der Waals surface area contributed by atoms with Gasteiger partial charge in [-0.15, -0.1) is 0 Å². The van der Waals surface area contributed by atoms with Crippen LogP contribution in [0.3, 0.4) is 0 Å². The first kappa shape index (κ1) is 14.0. The van der Waals surface area contributed by atoms with Gasteiger partial charge in [0.2, 0.25) is 0 Å². The van der Waals surface area contributed by atoms with Crippen LogP contribution in [-0.4, -0.2) is 0 Å². The third kappa shape index (κ3) is 6.29. The zero-order chi connectivity index (χ0) is 10.9. The Labute approximate surface area is 100 Å². The average Bonchev–Trinajstić information content (AvgIpc) is 2.30. The highest BCUT2D eigenvalue weighted by Crippen LogP contribution is 2.43. The molecule has 0 saturated heterocycles. The third-order valence-electron chi connectivity index (χ3n) is 2.61. The summed E-state index contributed by atoms with van der Waals surface area (Å²) in [6, 6.07) is 0. The molecule has 1 unspecified atom stereocenters. The molecule has 0 radical (unpaired) electrons. The van der Waals surface area contributed by atoms with Crippen molar-refractivity contribution in [3.8, 4) is 0 Å². The first-order valence-electron chi connectivity index (χ1n) is 5.84. The molecule has 15 heavy (non-hydrogen) atoms. The largest absolute Gasteiger partial charge is 0.0654 e. The summed E-state index contributed by atoms with van der Waals surface area (Å²) < 4.78 is 0. The second kappa shape index (κ2) is 9.02. The SMILES string of the molecule is CCCCCCCC(C)c1ppcpp1. The van der Waals surface area contributed by atoms with Gasteiger partial charge in [0.05, 0.1) is 0 Å². The average molecular weight is 276 g/mol. The molecule has 0 N–H and O–H groups in total. The van der Waals surface area contributed by atoms with E-state index in [4.69, 9.17) is 0 Å². The molecule has 0 nitrogen and oxygen atoms in total. The lowest BCUT2D eigenvalue weighted by molar-refractivity contribution is 0.574. The number of hydrogen-bond donors (Lipinski definition) is 0. The van der Waals surface area contributed by atoms with Crippen LogP contribution in [0, 0.1) is 0 Å². The molecule has 0 aliphatic carbocycles. The summed E-state index contributed by atoms with van der Waals surface area (Å²) in [6.07, 6.45) is 8.53. The Morgan fingerprint density at radius 3 is 2.40 bits per heavy atom. The highest BCUT2D eigenvalue weighted by Gasteiger charge is 2.05. The molecule has 4 heteroatoms. The summed E-state index contributed by atoms with van der Waals surface area (Å²) >= 11 is 0. The Balaban J connectivity index is 2.16. The van der Waals surface area contributed by atoms with Crippen LogP contribution in [0.25, 0.3) is 0 Å². The lowest BCUT2D eigenvalue weighted by Crippen LogP contribution is -1.88. The fourth-order valence-corrected chi connectivity index (χ4v) is 10.1. The van der Waals surface area contributed by atoms with E-state index in [0.29, 0.717) is 0 Å². The van der Waals surface area contributed by atoms with E-state index in [1.54, 1.807) is 20.8 Å². The van der Waals surface area contributed by atoms with Gasteiger partial charge in [-0.2, -0.15) is 0 Å². The molecular weight excluding hydrogens is 256 g/mol. The number of unbranched alkanes of at least 4 members (excludes halogenated alkanes) is 4. The van der Waals surface area contributed by atoms with Crippen LogP contribution in [-0.2, 0) is 0 Å². The van der Waals surface area contributed by atoms with Gasteiger partial charge in [0.25, 0.3) is 0 Å². The summed E-state index contributed by atoms with van der Waals surface area (Å²) in [6.45, 7) is 4.71. The molecule has 0 spiro atoms. The van der Waals surface area contributed by atoms with E-state index in [1.165, 1.54) is 54.3 Å². The van der Waals surface area contributed by atoms with Crippen LogP contribution < -0.4 is 0 Å². The summed E-state index contributed by atoms with van der Waals surface area (Å²) in [5.41, 5.74) is 2.38. The summed E-state index contributed by atoms with van der Waals surface area (Å²) in [7, 11) is 6.19. The van der Waals surface area contributed by atoms with Gasteiger partial charge >= 0.3 is 0 Å². The molecular formula is C11H20P4. The van der Waals surface area contributed by atoms with Gasteiger partial charge < -0.3 is 0 Å². The quantitative estimate of drug-likeness (QED) is 0.453. The molecule has 84 valence electrons. The zero-order valence-corrected chi connectivity index (χ0v) is 13.3. The maximum atomic E-state index is 2.42. The number of rotatable bonds is 7. The normalized spacial score (nSPS) is 14.8. The molecule has 1 heterocycles. The molecule has 0 amide bonds. The van der Waals surface area contributed by atoms with Crippen molar-refractivity contribution in [2.45, 2.75) is 58.3 Å². The molecule has 0 fully saturated rings. The Hall–Kier alpha value is 0.940. The maximum Gasteiger partial charge on any atom is 0.0186 e. The lowest BCUT2D eigenvalue weighted by atomic mass is 10.0.